The third kappa shape index (κ3) is 4.47. The SMILES string of the molecule is C=CCNC(=O)CN1CCCCCCC1=O. The number of carbonyl (C=O) groups is 2. The molecule has 90 valence electrons. The highest BCUT2D eigenvalue weighted by molar-refractivity contribution is 5.84. The predicted octanol–water partition coefficient (Wildman–Crippen LogP) is 1.08. The van der Waals surface area contributed by atoms with Gasteiger partial charge in [0.2, 0.25) is 11.8 Å². The molecule has 0 bridgehead atoms. The molecule has 1 aliphatic heterocycles. The molecule has 0 saturated carbocycles. The van der Waals surface area contributed by atoms with Gasteiger partial charge < -0.3 is 10.2 Å². The largest absolute Gasteiger partial charge is 0.351 e. The first kappa shape index (κ1) is 12.7. The van der Waals surface area contributed by atoms with Gasteiger partial charge in [0.15, 0.2) is 0 Å². The third-order valence-electron chi connectivity index (χ3n) is 2.70. The number of carbonyl (C=O) groups excluding carboxylic acids is 2. The van der Waals surface area contributed by atoms with Gasteiger partial charge in [0, 0.05) is 19.5 Å². The average molecular weight is 224 g/mol. The van der Waals surface area contributed by atoms with Gasteiger partial charge in [-0.15, -0.1) is 6.58 Å². The summed E-state index contributed by atoms with van der Waals surface area (Å²) in [5, 5.41) is 2.69. The fourth-order valence-corrected chi connectivity index (χ4v) is 1.80. The molecule has 0 aromatic carbocycles. The van der Waals surface area contributed by atoms with Crippen molar-refractivity contribution >= 4 is 11.8 Å². The van der Waals surface area contributed by atoms with E-state index in [2.05, 4.69) is 11.9 Å². The highest BCUT2D eigenvalue weighted by atomic mass is 16.2. The molecule has 16 heavy (non-hydrogen) atoms. The van der Waals surface area contributed by atoms with Gasteiger partial charge in [-0.25, -0.2) is 0 Å². The highest BCUT2D eigenvalue weighted by Gasteiger charge is 2.17. The van der Waals surface area contributed by atoms with E-state index in [9.17, 15) is 9.59 Å². The van der Waals surface area contributed by atoms with Crippen LogP contribution in [0.2, 0.25) is 0 Å². The normalized spacial score (nSPS) is 17.5. The van der Waals surface area contributed by atoms with Crippen LogP contribution in [0.1, 0.15) is 32.1 Å². The highest BCUT2D eigenvalue weighted by Crippen LogP contribution is 2.11. The minimum Gasteiger partial charge on any atom is -0.351 e. The van der Waals surface area contributed by atoms with Crippen LogP contribution < -0.4 is 5.32 Å². The molecule has 0 spiro atoms. The van der Waals surface area contributed by atoms with Crippen molar-refractivity contribution in [1.29, 1.82) is 0 Å². The summed E-state index contributed by atoms with van der Waals surface area (Å²) < 4.78 is 0. The lowest BCUT2D eigenvalue weighted by atomic mass is 10.1. The Bertz CT molecular complexity index is 264. The fourth-order valence-electron chi connectivity index (χ4n) is 1.80. The second-order valence-electron chi connectivity index (χ2n) is 4.07. The summed E-state index contributed by atoms with van der Waals surface area (Å²) in [5.41, 5.74) is 0. The molecule has 1 aliphatic rings. The molecular formula is C12H20N2O2. The van der Waals surface area contributed by atoms with Gasteiger partial charge in [-0.2, -0.15) is 0 Å². The van der Waals surface area contributed by atoms with Crippen molar-refractivity contribution in [2.24, 2.45) is 0 Å². The molecule has 1 N–H and O–H groups in total. The van der Waals surface area contributed by atoms with E-state index in [1.54, 1.807) is 11.0 Å². The predicted molar refractivity (Wildman–Crippen MR) is 62.9 cm³/mol. The van der Waals surface area contributed by atoms with Gasteiger partial charge in [0.05, 0.1) is 6.54 Å². The Kier molecular flexibility index (Phi) is 5.61. The molecule has 0 unspecified atom stereocenters. The Labute approximate surface area is 96.7 Å². The first-order chi connectivity index (χ1) is 7.74. The zero-order valence-corrected chi connectivity index (χ0v) is 9.71. The van der Waals surface area contributed by atoms with Crippen LogP contribution in [0, 0.1) is 0 Å². The van der Waals surface area contributed by atoms with E-state index in [0.717, 1.165) is 25.7 Å². The van der Waals surface area contributed by atoms with Crippen molar-refractivity contribution in [1.82, 2.24) is 10.2 Å². The summed E-state index contributed by atoms with van der Waals surface area (Å²) in [6.45, 7) is 4.88. The molecule has 1 saturated heterocycles. The van der Waals surface area contributed by atoms with Gasteiger partial charge in [-0.1, -0.05) is 18.9 Å². The zero-order valence-electron chi connectivity index (χ0n) is 9.71. The number of hydrogen-bond donors (Lipinski definition) is 1. The molecule has 4 heteroatoms. The lowest BCUT2D eigenvalue weighted by molar-refractivity contribution is -0.136. The van der Waals surface area contributed by atoms with Gasteiger partial charge in [0.25, 0.3) is 0 Å². The van der Waals surface area contributed by atoms with Crippen molar-refractivity contribution in [2.75, 3.05) is 19.6 Å². The maximum atomic E-state index is 11.7. The average Bonchev–Trinajstić information content (AvgIpc) is 2.26. The first-order valence-corrected chi connectivity index (χ1v) is 5.89. The van der Waals surface area contributed by atoms with Crippen LogP contribution in [0.25, 0.3) is 0 Å². The summed E-state index contributed by atoms with van der Waals surface area (Å²) >= 11 is 0. The Morgan fingerprint density at radius 1 is 1.38 bits per heavy atom. The second-order valence-corrected chi connectivity index (χ2v) is 4.07. The van der Waals surface area contributed by atoms with Crippen molar-refractivity contribution in [3.63, 3.8) is 0 Å². The molecule has 0 aromatic heterocycles. The van der Waals surface area contributed by atoms with Crippen molar-refractivity contribution in [2.45, 2.75) is 32.1 Å². The van der Waals surface area contributed by atoms with Gasteiger partial charge in [0.1, 0.15) is 0 Å². The quantitative estimate of drug-likeness (QED) is 0.726. The number of nitrogens with zero attached hydrogens (tertiary/aromatic N) is 1. The van der Waals surface area contributed by atoms with Crippen LogP contribution in [0.3, 0.4) is 0 Å². The smallest absolute Gasteiger partial charge is 0.239 e. The van der Waals surface area contributed by atoms with Crippen molar-refractivity contribution in [3.05, 3.63) is 12.7 Å². The molecule has 1 fully saturated rings. The Morgan fingerprint density at radius 2 is 2.12 bits per heavy atom. The maximum absolute atomic E-state index is 11.7. The van der Waals surface area contributed by atoms with Crippen molar-refractivity contribution < 1.29 is 9.59 Å². The lowest BCUT2D eigenvalue weighted by Crippen LogP contribution is -2.41. The molecule has 0 atom stereocenters. The molecule has 2 amide bonds. The number of nitrogens with one attached hydrogen (secondary N) is 1. The third-order valence-corrected chi connectivity index (χ3v) is 2.70. The topological polar surface area (TPSA) is 49.4 Å². The van der Waals surface area contributed by atoms with Gasteiger partial charge in [-0.3, -0.25) is 9.59 Å². The summed E-state index contributed by atoms with van der Waals surface area (Å²) in [6.07, 6.45) is 6.44. The van der Waals surface area contributed by atoms with Crippen LogP contribution in [0.5, 0.6) is 0 Å². The molecule has 0 radical (unpaired) electrons. The summed E-state index contributed by atoms with van der Waals surface area (Å²) in [6, 6.07) is 0. The second kappa shape index (κ2) is 7.04. The lowest BCUT2D eigenvalue weighted by Gasteiger charge is -2.24. The number of hydrogen-bond acceptors (Lipinski definition) is 2. The van der Waals surface area contributed by atoms with E-state index in [1.165, 1.54) is 0 Å². The van der Waals surface area contributed by atoms with E-state index in [-0.39, 0.29) is 18.4 Å². The molecule has 4 nitrogen and oxygen atoms in total. The minimum absolute atomic E-state index is 0.103. The van der Waals surface area contributed by atoms with Crippen LogP contribution in [0.15, 0.2) is 12.7 Å². The maximum Gasteiger partial charge on any atom is 0.239 e. The van der Waals surface area contributed by atoms with Crippen molar-refractivity contribution in [3.8, 4) is 0 Å². The fraction of sp³-hybridized carbons (Fsp3) is 0.667. The Morgan fingerprint density at radius 3 is 2.88 bits per heavy atom. The van der Waals surface area contributed by atoms with E-state index in [4.69, 9.17) is 0 Å². The monoisotopic (exact) mass is 224 g/mol. The summed E-state index contributed by atoms with van der Waals surface area (Å²) in [5.74, 6) is 0.00211. The standard InChI is InChI=1S/C12H20N2O2/c1-2-8-13-11(15)10-14-9-6-4-3-5-7-12(14)16/h2H,1,3-10H2,(H,13,15). The molecule has 1 rings (SSSR count). The Balaban J connectivity index is 2.39. The summed E-state index contributed by atoms with van der Waals surface area (Å²) in [7, 11) is 0. The van der Waals surface area contributed by atoms with E-state index < -0.39 is 0 Å². The first-order valence-electron chi connectivity index (χ1n) is 5.89. The van der Waals surface area contributed by atoms with Crippen LogP contribution in [-0.2, 0) is 9.59 Å². The van der Waals surface area contributed by atoms with Crippen LogP contribution in [-0.4, -0.2) is 36.3 Å². The van der Waals surface area contributed by atoms with E-state index in [0.29, 0.717) is 19.5 Å². The van der Waals surface area contributed by atoms with Crippen LogP contribution >= 0.6 is 0 Å². The van der Waals surface area contributed by atoms with Gasteiger partial charge in [-0.05, 0) is 12.8 Å². The van der Waals surface area contributed by atoms with E-state index in [1.807, 2.05) is 0 Å². The molecular weight excluding hydrogens is 204 g/mol. The minimum atomic E-state index is -0.103. The molecule has 0 aromatic rings. The Hall–Kier alpha value is -1.32. The van der Waals surface area contributed by atoms with Gasteiger partial charge >= 0.3 is 0 Å². The zero-order chi connectivity index (χ0) is 11.8. The van der Waals surface area contributed by atoms with E-state index >= 15 is 0 Å². The van der Waals surface area contributed by atoms with Crippen LogP contribution in [0.4, 0.5) is 0 Å². The molecule has 1 heterocycles. The number of likely N-dealkylation sites (tertiary alicyclic amines) is 1. The number of rotatable bonds is 4. The molecule has 0 aliphatic carbocycles. The number of amides is 2. The summed E-state index contributed by atoms with van der Waals surface area (Å²) in [4.78, 5) is 24.8.